The van der Waals surface area contributed by atoms with E-state index < -0.39 is 5.97 Å². The van der Waals surface area contributed by atoms with Crippen LogP contribution in [0.15, 0.2) is 29.2 Å². The molecule has 16 heavy (non-hydrogen) atoms. The van der Waals surface area contributed by atoms with Gasteiger partial charge in [-0.25, -0.2) is 0 Å². The monoisotopic (exact) mass is 238 g/mol. The summed E-state index contributed by atoms with van der Waals surface area (Å²) < 4.78 is 0. The number of hydrogen-bond donors (Lipinski definition) is 1. The summed E-state index contributed by atoms with van der Waals surface area (Å²) in [7, 11) is 0. The van der Waals surface area contributed by atoms with Gasteiger partial charge in [-0.3, -0.25) is 4.79 Å². The maximum atomic E-state index is 10.7. The van der Waals surface area contributed by atoms with E-state index in [4.69, 9.17) is 5.11 Å². The molecule has 1 atom stereocenters. The molecule has 0 saturated heterocycles. The Kier molecular flexibility index (Phi) is 5.39. The van der Waals surface area contributed by atoms with Crippen molar-refractivity contribution in [2.45, 2.75) is 37.5 Å². The van der Waals surface area contributed by atoms with Crippen LogP contribution in [-0.4, -0.2) is 16.8 Å². The number of aliphatic carboxylic acids is 1. The summed E-state index contributed by atoms with van der Waals surface area (Å²) in [6.07, 6.45) is 1.09. The van der Waals surface area contributed by atoms with Gasteiger partial charge in [0.1, 0.15) is 0 Å². The summed E-state index contributed by atoms with van der Waals surface area (Å²) in [6, 6.07) is 8.26. The van der Waals surface area contributed by atoms with Crippen molar-refractivity contribution in [3.63, 3.8) is 0 Å². The van der Waals surface area contributed by atoms with Crippen molar-refractivity contribution in [3.05, 3.63) is 29.8 Å². The first kappa shape index (κ1) is 13.1. The zero-order valence-corrected chi connectivity index (χ0v) is 10.6. The summed E-state index contributed by atoms with van der Waals surface area (Å²) in [4.78, 5) is 12.0. The number of thioether (sulfide) groups is 1. The van der Waals surface area contributed by atoms with E-state index >= 15 is 0 Å². The lowest BCUT2D eigenvalue weighted by Gasteiger charge is -2.13. The molecular weight excluding hydrogens is 220 g/mol. The van der Waals surface area contributed by atoms with Crippen LogP contribution in [-0.2, 0) is 4.79 Å². The number of carboxylic acid groups (broad SMARTS) is 1. The lowest BCUT2D eigenvalue weighted by Crippen LogP contribution is -2.05. The zero-order chi connectivity index (χ0) is 12.0. The van der Waals surface area contributed by atoms with Gasteiger partial charge in [-0.1, -0.05) is 26.0 Å². The van der Waals surface area contributed by atoms with Gasteiger partial charge in [0.15, 0.2) is 0 Å². The second-order valence-electron chi connectivity index (χ2n) is 3.71. The van der Waals surface area contributed by atoms with Gasteiger partial charge in [0.05, 0.1) is 6.42 Å². The molecule has 1 rings (SSSR count). The van der Waals surface area contributed by atoms with Crippen molar-refractivity contribution >= 4 is 17.7 Å². The molecule has 0 fully saturated rings. The Labute approximate surface area is 101 Å². The average Bonchev–Trinajstić information content (AvgIpc) is 2.27. The molecule has 0 bridgehead atoms. The van der Waals surface area contributed by atoms with Gasteiger partial charge >= 0.3 is 5.97 Å². The number of carbonyl (C=O) groups is 1. The van der Waals surface area contributed by atoms with E-state index in [9.17, 15) is 4.79 Å². The summed E-state index contributed by atoms with van der Waals surface area (Å²) in [5.41, 5.74) is 1.13. The molecule has 3 heteroatoms. The zero-order valence-electron chi connectivity index (χ0n) is 9.77. The highest BCUT2D eigenvalue weighted by atomic mass is 32.2. The van der Waals surface area contributed by atoms with Crippen molar-refractivity contribution in [3.8, 4) is 0 Å². The molecule has 1 unspecified atom stereocenters. The van der Waals surface area contributed by atoms with Crippen molar-refractivity contribution < 1.29 is 9.90 Å². The molecule has 1 aromatic rings. The molecule has 0 spiro atoms. The molecule has 1 N–H and O–H groups in total. The lowest BCUT2D eigenvalue weighted by molar-refractivity contribution is -0.137. The Bertz CT molecular complexity index is 332. The minimum Gasteiger partial charge on any atom is -0.481 e. The summed E-state index contributed by atoms with van der Waals surface area (Å²) in [5.74, 6) is 0.475. The van der Waals surface area contributed by atoms with Crippen LogP contribution >= 0.6 is 11.8 Å². The summed E-state index contributed by atoms with van der Waals surface area (Å²) in [6.45, 7) is 4.15. The number of hydrogen-bond acceptors (Lipinski definition) is 2. The number of rotatable bonds is 6. The third-order valence-electron chi connectivity index (χ3n) is 2.58. The number of benzene rings is 1. The normalized spacial score (nSPS) is 12.4. The highest BCUT2D eigenvalue weighted by Gasteiger charge is 2.13. The molecule has 0 amide bonds. The minimum atomic E-state index is -0.723. The van der Waals surface area contributed by atoms with Gasteiger partial charge in [-0.05, 0) is 35.8 Å². The Balaban J connectivity index is 2.73. The quantitative estimate of drug-likeness (QED) is 0.767. The Morgan fingerprint density at radius 2 is 1.94 bits per heavy atom. The van der Waals surface area contributed by atoms with Crippen LogP contribution in [0.5, 0.6) is 0 Å². The molecule has 0 radical (unpaired) electrons. The molecule has 1 aromatic carbocycles. The van der Waals surface area contributed by atoms with Crippen LogP contribution in [0.2, 0.25) is 0 Å². The van der Waals surface area contributed by atoms with Crippen molar-refractivity contribution in [1.29, 1.82) is 0 Å². The van der Waals surface area contributed by atoms with E-state index in [0.717, 1.165) is 17.7 Å². The third kappa shape index (κ3) is 3.89. The van der Waals surface area contributed by atoms with Gasteiger partial charge in [0.25, 0.3) is 0 Å². The van der Waals surface area contributed by atoms with Gasteiger partial charge < -0.3 is 5.11 Å². The maximum Gasteiger partial charge on any atom is 0.303 e. The molecule has 0 heterocycles. The summed E-state index contributed by atoms with van der Waals surface area (Å²) in [5, 5.41) is 8.81. The molecule has 2 nitrogen and oxygen atoms in total. The van der Waals surface area contributed by atoms with E-state index in [2.05, 4.69) is 31.2 Å². The highest BCUT2D eigenvalue weighted by molar-refractivity contribution is 7.99. The van der Waals surface area contributed by atoms with E-state index in [1.165, 1.54) is 4.90 Å². The number of carboxylic acids is 1. The third-order valence-corrected chi connectivity index (χ3v) is 3.47. The molecule has 0 aliphatic heterocycles. The van der Waals surface area contributed by atoms with Crippen LogP contribution in [0.4, 0.5) is 0 Å². The fourth-order valence-corrected chi connectivity index (χ4v) is 2.37. The first-order valence-corrected chi connectivity index (χ1v) is 6.60. The fourth-order valence-electron chi connectivity index (χ4n) is 1.71. The van der Waals surface area contributed by atoms with E-state index in [0.29, 0.717) is 0 Å². The largest absolute Gasteiger partial charge is 0.481 e. The predicted molar refractivity (Wildman–Crippen MR) is 68.1 cm³/mol. The van der Waals surface area contributed by atoms with Crippen LogP contribution in [0.3, 0.4) is 0 Å². The molecule has 88 valence electrons. The lowest BCUT2D eigenvalue weighted by atomic mass is 9.93. The maximum absolute atomic E-state index is 10.7. The molecule has 0 aliphatic rings. The highest BCUT2D eigenvalue weighted by Crippen LogP contribution is 2.26. The average molecular weight is 238 g/mol. The van der Waals surface area contributed by atoms with Crippen molar-refractivity contribution in [2.24, 2.45) is 0 Å². The van der Waals surface area contributed by atoms with E-state index in [1.54, 1.807) is 11.8 Å². The van der Waals surface area contributed by atoms with Crippen LogP contribution < -0.4 is 0 Å². The molecule has 0 aliphatic carbocycles. The fraction of sp³-hybridized carbons (Fsp3) is 0.462. The first-order chi connectivity index (χ1) is 7.67. The van der Waals surface area contributed by atoms with Gasteiger partial charge in [-0.15, -0.1) is 11.8 Å². The van der Waals surface area contributed by atoms with E-state index in [1.807, 2.05) is 6.92 Å². The van der Waals surface area contributed by atoms with Gasteiger partial charge in [0, 0.05) is 4.90 Å². The van der Waals surface area contributed by atoms with Gasteiger partial charge in [0.2, 0.25) is 0 Å². The predicted octanol–water partition coefficient (Wildman–Crippen LogP) is 3.77. The topological polar surface area (TPSA) is 37.3 Å². The second kappa shape index (κ2) is 6.59. The first-order valence-electron chi connectivity index (χ1n) is 5.61. The second-order valence-corrected chi connectivity index (χ2v) is 5.04. The van der Waals surface area contributed by atoms with Gasteiger partial charge in [-0.2, -0.15) is 0 Å². The Morgan fingerprint density at radius 3 is 2.38 bits per heavy atom. The van der Waals surface area contributed by atoms with E-state index in [-0.39, 0.29) is 12.3 Å². The van der Waals surface area contributed by atoms with Crippen molar-refractivity contribution in [1.82, 2.24) is 0 Å². The minimum absolute atomic E-state index is 0.137. The summed E-state index contributed by atoms with van der Waals surface area (Å²) >= 11 is 1.80. The molecule has 0 saturated carbocycles. The van der Waals surface area contributed by atoms with Crippen LogP contribution in [0, 0.1) is 0 Å². The molecule has 0 aromatic heterocycles. The van der Waals surface area contributed by atoms with Crippen LogP contribution in [0.1, 0.15) is 38.2 Å². The standard InChI is InChI=1S/C13H18O2S/c1-3-10(9-13(14)15)11-5-7-12(8-6-11)16-4-2/h5-8,10H,3-4,9H2,1-2H3,(H,14,15). The van der Waals surface area contributed by atoms with Crippen LogP contribution in [0.25, 0.3) is 0 Å². The SMILES string of the molecule is CCSc1ccc(C(CC)CC(=O)O)cc1. The Morgan fingerprint density at radius 1 is 1.31 bits per heavy atom. The van der Waals surface area contributed by atoms with Crippen molar-refractivity contribution in [2.75, 3.05) is 5.75 Å². The Hall–Kier alpha value is -0.960. The smallest absolute Gasteiger partial charge is 0.303 e. The molecular formula is C13H18O2S.